The van der Waals surface area contributed by atoms with Crippen molar-refractivity contribution in [2.75, 3.05) is 0 Å². The van der Waals surface area contributed by atoms with Crippen molar-refractivity contribution >= 4 is 0 Å². The Hall–Kier alpha value is -0.330. The van der Waals surface area contributed by atoms with Gasteiger partial charge < -0.3 is 0 Å². The SMILES string of the molecule is C=CC(CC)C(C)(C)F. The van der Waals surface area contributed by atoms with Crippen LogP contribution in [0.4, 0.5) is 4.39 Å². The third kappa shape index (κ3) is 2.64. The molecule has 1 atom stereocenters. The average Bonchev–Trinajstić information content (AvgIpc) is 1.65. The quantitative estimate of drug-likeness (QED) is 0.515. The summed E-state index contributed by atoms with van der Waals surface area (Å²) in [6.45, 7) is 8.70. The molecular formula is C8H15F. The number of hydrogen-bond acceptors (Lipinski definition) is 0. The topological polar surface area (TPSA) is 0 Å². The molecule has 0 N–H and O–H groups in total. The number of hydrogen-bond donors (Lipinski definition) is 0. The lowest BCUT2D eigenvalue weighted by molar-refractivity contribution is 0.151. The first-order valence-corrected chi connectivity index (χ1v) is 3.33. The van der Waals surface area contributed by atoms with Gasteiger partial charge >= 0.3 is 0 Å². The van der Waals surface area contributed by atoms with Crippen molar-refractivity contribution < 1.29 is 4.39 Å². The Balaban J connectivity index is 3.94. The molecule has 0 saturated heterocycles. The predicted octanol–water partition coefficient (Wildman–Crippen LogP) is 2.95. The molecule has 54 valence electrons. The molecule has 0 aromatic carbocycles. The predicted molar refractivity (Wildman–Crippen MR) is 39.2 cm³/mol. The molecular weight excluding hydrogens is 115 g/mol. The molecule has 0 nitrogen and oxygen atoms in total. The summed E-state index contributed by atoms with van der Waals surface area (Å²) in [6.07, 6.45) is 2.51. The molecule has 0 fully saturated rings. The van der Waals surface area contributed by atoms with Crippen molar-refractivity contribution in [2.24, 2.45) is 5.92 Å². The molecule has 0 aliphatic rings. The molecule has 0 heterocycles. The number of halogens is 1. The molecule has 0 bridgehead atoms. The van der Waals surface area contributed by atoms with Gasteiger partial charge in [-0.3, -0.25) is 0 Å². The molecule has 0 aromatic heterocycles. The van der Waals surface area contributed by atoms with Crippen LogP contribution in [0.15, 0.2) is 12.7 Å². The highest BCUT2D eigenvalue weighted by molar-refractivity contribution is 4.89. The summed E-state index contributed by atoms with van der Waals surface area (Å²) in [5, 5.41) is 0. The van der Waals surface area contributed by atoms with Gasteiger partial charge in [0.2, 0.25) is 0 Å². The molecule has 0 spiro atoms. The van der Waals surface area contributed by atoms with Gasteiger partial charge in [0.1, 0.15) is 5.67 Å². The summed E-state index contributed by atoms with van der Waals surface area (Å²) in [6, 6.07) is 0. The van der Waals surface area contributed by atoms with Crippen LogP contribution in [-0.2, 0) is 0 Å². The standard InChI is InChI=1S/C8H15F/c1-5-7(6-2)8(3,4)9/h5,7H,1,6H2,2-4H3. The lowest BCUT2D eigenvalue weighted by Crippen LogP contribution is -2.22. The molecule has 1 heteroatoms. The fourth-order valence-electron chi connectivity index (χ4n) is 0.932. The van der Waals surface area contributed by atoms with E-state index in [1.165, 1.54) is 0 Å². The summed E-state index contributed by atoms with van der Waals surface area (Å²) in [5.41, 5.74) is -1.10. The largest absolute Gasteiger partial charge is 0.244 e. The Labute approximate surface area is 56.8 Å². The third-order valence-corrected chi connectivity index (χ3v) is 1.61. The first-order valence-electron chi connectivity index (χ1n) is 3.33. The lowest BCUT2D eigenvalue weighted by atomic mass is 9.91. The molecule has 0 aromatic rings. The lowest BCUT2D eigenvalue weighted by Gasteiger charge is -2.21. The monoisotopic (exact) mass is 130 g/mol. The molecule has 0 amide bonds. The summed E-state index contributed by atoms with van der Waals surface area (Å²) in [7, 11) is 0. The first kappa shape index (κ1) is 8.67. The maximum atomic E-state index is 13.0. The number of allylic oxidation sites excluding steroid dienone is 1. The highest BCUT2D eigenvalue weighted by Crippen LogP contribution is 2.24. The van der Waals surface area contributed by atoms with Crippen molar-refractivity contribution in [2.45, 2.75) is 32.9 Å². The smallest absolute Gasteiger partial charge is 0.111 e. The van der Waals surface area contributed by atoms with Gasteiger partial charge in [0.15, 0.2) is 0 Å². The van der Waals surface area contributed by atoms with E-state index in [4.69, 9.17) is 0 Å². The second-order valence-corrected chi connectivity index (χ2v) is 2.81. The third-order valence-electron chi connectivity index (χ3n) is 1.61. The zero-order chi connectivity index (χ0) is 7.49. The van der Waals surface area contributed by atoms with Crippen molar-refractivity contribution in [3.05, 3.63) is 12.7 Å². The van der Waals surface area contributed by atoms with Crippen LogP contribution >= 0.6 is 0 Å². The van der Waals surface area contributed by atoms with Crippen molar-refractivity contribution in [3.8, 4) is 0 Å². The average molecular weight is 130 g/mol. The Bertz CT molecular complexity index is 89.2. The van der Waals surface area contributed by atoms with E-state index in [1.54, 1.807) is 19.9 Å². The summed E-state index contributed by atoms with van der Waals surface area (Å²) in [4.78, 5) is 0. The normalized spacial score (nSPS) is 15.1. The maximum absolute atomic E-state index is 13.0. The van der Waals surface area contributed by atoms with Crippen LogP contribution in [0.1, 0.15) is 27.2 Å². The number of alkyl halides is 1. The Morgan fingerprint density at radius 2 is 2.11 bits per heavy atom. The zero-order valence-corrected chi connectivity index (χ0v) is 6.45. The molecule has 1 unspecified atom stereocenters. The van der Waals surface area contributed by atoms with Gasteiger partial charge in [0.05, 0.1) is 0 Å². The molecule has 9 heavy (non-hydrogen) atoms. The highest BCUT2D eigenvalue weighted by Gasteiger charge is 2.23. The van der Waals surface area contributed by atoms with E-state index in [1.807, 2.05) is 6.92 Å². The van der Waals surface area contributed by atoms with E-state index in [-0.39, 0.29) is 5.92 Å². The molecule has 0 saturated carbocycles. The van der Waals surface area contributed by atoms with Crippen LogP contribution < -0.4 is 0 Å². The minimum absolute atomic E-state index is 0.00231. The fraction of sp³-hybridized carbons (Fsp3) is 0.750. The van der Waals surface area contributed by atoms with Gasteiger partial charge in [-0.2, -0.15) is 0 Å². The minimum atomic E-state index is -1.10. The Morgan fingerprint density at radius 3 is 2.11 bits per heavy atom. The number of rotatable bonds is 3. The van der Waals surface area contributed by atoms with Gasteiger partial charge in [-0.25, -0.2) is 4.39 Å². The van der Waals surface area contributed by atoms with Crippen LogP contribution in [0.2, 0.25) is 0 Å². The summed E-state index contributed by atoms with van der Waals surface area (Å²) < 4.78 is 13.0. The van der Waals surface area contributed by atoms with E-state index in [0.717, 1.165) is 6.42 Å². The minimum Gasteiger partial charge on any atom is -0.244 e. The Morgan fingerprint density at radius 1 is 1.67 bits per heavy atom. The maximum Gasteiger partial charge on any atom is 0.111 e. The van der Waals surface area contributed by atoms with E-state index in [2.05, 4.69) is 6.58 Å². The van der Waals surface area contributed by atoms with Crippen LogP contribution in [-0.4, -0.2) is 5.67 Å². The van der Waals surface area contributed by atoms with Gasteiger partial charge in [-0.1, -0.05) is 13.0 Å². The molecule has 0 aliphatic heterocycles. The molecule has 0 rings (SSSR count). The summed E-state index contributed by atoms with van der Waals surface area (Å²) >= 11 is 0. The second kappa shape index (κ2) is 3.00. The Kier molecular flexibility index (Phi) is 2.89. The van der Waals surface area contributed by atoms with Crippen molar-refractivity contribution in [1.82, 2.24) is 0 Å². The van der Waals surface area contributed by atoms with E-state index in [0.29, 0.717) is 0 Å². The fourth-order valence-corrected chi connectivity index (χ4v) is 0.932. The van der Waals surface area contributed by atoms with E-state index >= 15 is 0 Å². The molecule has 0 aliphatic carbocycles. The van der Waals surface area contributed by atoms with Crippen molar-refractivity contribution in [1.29, 1.82) is 0 Å². The van der Waals surface area contributed by atoms with E-state index < -0.39 is 5.67 Å². The van der Waals surface area contributed by atoms with Gasteiger partial charge in [-0.05, 0) is 20.3 Å². The van der Waals surface area contributed by atoms with Gasteiger partial charge in [0, 0.05) is 5.92 Å². The highest BCUT2D eigenvalue weighted by atomic mass is 19.1. The van der Waals surface area contributed by atoms with Crippen LogP contribution in [0, 0.1) is 5.92 Å². The van der Waals surface area contributed by atoms with Gasteiger partial charge in [0.25, 0.3) is 0 Å². The van der Waals surface area contributed by atoms with E-state index in [9.17, 15) is 4.39 Å². The van der Waals surface area contributed by atoms with Crippen LogP contribution in [0.5, 0.6) is 0 Å². The van der Waals surface area contributed by atoms with Crippen LogP contribution in [0.25, 0.3) is 0 Å². The summed E-state index contributed by atoms with van der Waals surface area (Å²) in [5.74, 6) is -0.00231. The van der Waals surface area contributed by atoms with Crippen molar-refractivity contribution in [3.63, 3.8) is 0 Å². The second-order valence-electron chi connectivity index (χ2n) is 2.81. The molecule has 0 radical (unpaired) electrons. The first-order chi connectivity index (χ1) is 4.02. The van der Waals surface area contributed by atoms with Crippen LogP contribution in [0.3, 0.4) is 0 Å². The zero-order valence-electron chi connectivity index (χ0n) is 6.45. The van der Waals surface area contributed by atoms with Gasteiger partial charge in [-0.15, -0.1) is 6.58 Å².